The second kappa shape index (κ2) is 7.33. The van der Waals surface area contributed by atoms with E-state index < -0.39 is 0 Å². The molecule has 1 amide bonds. The molecule has 4 rings (SSSR count). The van der Waals surface area contributed by atoms with Crippen molar-refractivity contribution < 1.29 is 9.53 Å². The van der Waals surface area contributed by atoms with Crippen LogP contribution < -0.4 is 10.1 Å². The van der Waals surface area contributed by atoms with Gasteiger partial charge in [0.1, 0.15) is 22.8 Å². The Morgan fingerprint density at radius 1 is 0.963 bits per heavy atom. The number of anilines is 1. The zero-order valence-corrected chi connectivity index (χ0v) is 14.9. The number of hydrogen-bond acceptors (Lipinski definition) is 3. The fourth-order valence-corrected chi connectivity index (χ4v) is 2.95. The van der Waals surface area contributed by atoms with E-state index in [1.165, 1.54) is 0 Å². The van der Waals surface area contributed by atoms with Crippen LogP contribution in [0, 0.1) is 0 Å². The predicted octanol–water partition coefficient (Wildman–Crippen LogP) is 4.94. The van der Waals surface area contributed by atoms with E-state index in [4.69, 9.17) is 4.74 Å². The molecule has 0 saturated heterocycles. The van der Waals surface area contributed by atoms with E-state index in [1.807, 2.05) is 90.3 Å². The molecule has 2 heterocycles. The quantitative estimate of drug-likeness (QED) is 0.550. The molecule has 0 aliphatic carbocycles. The third-order valence-electron chi connectivity index (χ3n) is 4.24. The van der Waals surface area contributed by atoms with Crippen LogP contribution in [0.1, 0.15) is 23.1 Å². The topological polar surface area (TPSA) is 55.6 Å². The minimum absolute atomic E-state index is 0.178. The van der Waals surface area contributed by atoms with E-state index in [0.717, 1.165) is 17.1 Å². The average Bonchev–Trinajstić information content (AvgIpc) is 3.09. The number of aromatic nitrogens is 2. The second-order valence-corrected chi connectivity index (χ2v) is 6.08. The van der Waals surface area contributed by atoms with Crippen LogP contribution in [0.15, 0.2) is 79.0 Å². The highest BCUT2D eigenvalue weighted by Gasteiger charge is 2.18. The van der Waals surface area contributed by atoms with Crippen LogP contribution >= 0.6 is 0 Å². The maximum atomic E-state index is 12.8. The molecule has 27 heavy (non-hydrogen) atoms. The number of amides is 1. The van der Waals surface area contributed by atoms with Crippen LogP contribution in [0.4, 0.5) is 5.69 Å². The SMILES string of the molecule is CCc1nc2ccccn2c1C(=O)Nc1ccc(Oc2ccccc2)cc1. The van der Waals surface area contributed by atoms with Crippen molar-refractivity contribution in [3.05, 3.63) is 90.4 Å². The van der Waals surface area contributed by atoms with Crippen molar-refractivity contribution in [2.24, 2.45) is 0 Å². The molecule has 0 aliphatic heterocycles. The first-order valence-electron chi connectivity index (χ1n) is 8.85. The van der Waals surface area contributed by atoms with Crippen molar-refractivity contribution in [2.75, 3.05) is 5.32 Å². The first-order valence-corrected chi connectivity index (χ1v) is 8.85. The molecule has 0 aliphatic rings. The summed E-state index contributed by atoms with van der Waals surface area (Å²) in [4.78, 5) is 17.4. The maximum absolute atomic E-state index is 12.8. The van der Waals surface area contributed by atoms with Gasteiger partial charge < -0.3 is 10.1 Å². The Bertz CT molecular complexity index is 1070. The summed E-state index contributed by atoms with van der Waals surface area (Å²) in [5.41, 5.74) is 2.82. The number of aryl methyl sites for hydroxylation is 1. The highest BCUT2D eigenvalue weighted by atomic mass is 16.5. The summed E-state index contributed by atoms with van der Waals surface area (Å²) in [7, 11) is 0. The van der Waals surface area contributed by atoms with Crippen molar-refractivity contribution in [2.45, 2.75) is 13.3 Å². The molecule has 0 radical (unpaired) electrons. The van der Waals surface area contributed by atoms with E-state index in [0.29, 0.717) is 23.6 Å². The number of para-hydroxylation sites is 1. The van der Waals surface area contributed by atoms with Crippen molar-refractivity contribution in [1.82, 2.24) is 9.38 Å². The van der Waals surface area contributed by atoms with E-state index in [-0.39, 0.29) is 5.91 Å². The second-order valence-electron chi connectivity index (χ2n) is 6.08. The van der Waals surface area contributed by atoms with Crippen molar-refractivity contribution in [1.29, 1.82) is 0 Å². The smallest absolute Gasteiger partial charge is 0.274 e. The van der Waals surface area contributed by atoms with Crippen LogP contribution in [0.5, 0.6) is 11.5 Å². The summed E-state index contributed by atoms with van der Waals surface area (Å²) in [5.74, 6) is 1.30. The lowest BCUT2D eigenvalue weighted by Gasteiger charge is -2.09. The lowest BCUT2D eigenvalue weighted by Crippen LogP contribution is -2.16. The summed E-state index contributed by atoms with van der Waals surface area (Å²) in [6.45, 7) is 1.99. The first kappa shape index (κ1) is 16.8. The van der Waals surface area contributed by atoms with E-state index in [9.17, 15) is 4.79 Å². The highest BCUT2D eigenvalue weighted by molar-refractivity contribution is 6.04. The zero-order valence-electron chi connectivity index (χ0n) is 14.9. The Morgan fingerprint density at radius 2 is 1.67 bits per heavy atom. The molecule has 0 saturated carbocycles. The van der Waals surface area contributed by atoms with Crippen LogP contribution in [-0.4, -0.2) is 15.3 Å². The normalized spacial score (nSPS) is 10.7. The van der Waals surface area contributed by atoms with Gasteiger partial charge in [0.25, 0.3) is 5.91 Å². The van der Waals surface area contributed by atoms with Gasteiger partial charge in [0.15, 0.2) is 0 Å². The average molecular weight is 357 g/mol. The maximum Gasteiger partial charge on any atom is 0.274 e. The van der Waals surface area contributed by atoms with Gasteiger partial charge in [0.2, 0.25) is 0 Å². The molecule has 5 heteroatoms. The van der Waals surface area contributed by atoms with E-state index >= 15 is 0 Å². The third kappa shape index (κ3) is 3.53. The lowest BCUT2D eigenvalue weighted by molar-refractivity contribution is 0.102. The molecular formula is C22H19N3O2. The number of nitrogens with zero attached hydrogens (tertiary/aromatic N) is 2. The van der Waals surface area contributed by atoms with Crippen LogP contribution in [0.3, 0.4) is 0 Å². The fraction of sp³-hybridized carbons (Fsp3) is 0.0909. The van der Waals surface area contributed by atoms with Crippen LogP contribution in [0.25, 0.3) is 5.65 Å². The number of ether oxygens (including phenoxy) is 1. The molecule has 0 fully saturated rings. The van der Waals surface area contributed by atoms with Gasteiger partial charge in [-0.2, -0.15) is 0 Å². The summed E-state index contributed by atoms with van der Waals surface area (Å²) in [5, 5.41) is 2.95. The minimum atomic E-state index is -0.178. The number of carbonyl (C=O) groups is 1. The Kier molecular flexibility index (Phi) is 4.58. The Morgan fingerprint density at radius 3 is 2.41 bits per heavy atom. The van der Waals surface area contributed by atoms with Crippen LogP contribution in [-0.2, 0) is 6.42 Å². The molecule has 2 aromatic heterocycles. The Hall–Kier alpha value is -3.60. The van der Waals surface area contributed by atoms with Crippen molar-refractivity contribution in [3.63, 3.8) is 0 Å². The van der Waals surface area contributed by atoms with Crippen molar-refractivity contribution in [3.8, 4) is 11.5 Å². The van der Waals surface area contributed by atoms with E-state index in [1.54, 1.807) is 0 Å². The summed E-state index contributed by atoms with van der Waals surface area (Å²) in [6.07, 6.45) is 2.54. The fourth-order valence-electron chi connectivity index (χ4n) is 2.95. The minimum Gasteiger partial charge on any atom is -0.457 e. The Labute approximate surface area is 157 Å². The molecule has 0 bridgehead atoms. The number of fused-ring (bicyclic) bond motifs is 1. The Balaban J connectivity index is 1.53. The van der Waals surface area contributed by atoms with Gasteiger partial charge in [-0.25, -0.2) is 4.98 Å². The summed E-state index contributed by atoms with van der Waals surface area (Å²) >= 11 is 0. The van der Waals surface area contributed by atoms with Gasteiger partial charge in [0, 0.05) is 11.9 Å². The largest absolute Gasteiger partial charge is 0.457 e. The molecule has 2 aromatic carbocycles. The lowest BCUT2D eigenvalue weighted by atomic mass is 10.2. The summed E-state index contributed by atoms with van der Waals surface area (Å²) < 4.78 is 7.60. The molecule has 5 nitrogen and oxygen atoms in total. The van der Waals surface area contributed by atoms with Crippen molar-refractivity contribution >= 4 is 17.2 Å². The number of carbonyl (C=O) groups excluding carboxylic acids is 1. The monoisotopic (exact) mass is 357 g/mol. The molecule has 0 unspecified atom stereocenters. The van der Waals surface area contributed by atoms with E-state index in [2.05, 4.69) is 10.3 Å². The van der Waals surface area contributed by atoms with Gasteiger partial charge >= 0.3 is 0 Å². The number of pyridine rings is 1. The molecule has 0 atom stereocenters. The number of hydrogen-bond donors (Lipinski definition) is 1. The van der Waals surface area contributed by atoms with Gasteiger partial charge in [-0.15, -0.1) is 0 Å². The highest BCUT2D eigenvalue weighted by Crippen LogP contribution is 2.23. The van der Waals surface area contributed by atoms with Gasteiger partial charge in [-0.1, -0.05) is 31.2 Å². The standard InChI is InChI=1S/C22H19N3O2/c1-2-19-21(25-15-7-6-10-20(25)24-19)22(26)23-16-11-13-18(14-12-16)27-17-8-4-3-5-9-17/h3-15H,2H2,1H3,(H,23,26). The number of rotatable bonds is 5. The van der Waals surface area contributed by atoms with Gasteiger partial charge in [-0.05, 0) is 55.0 Å². The van der Waals surface area contributed by atoms with Crippen LogP contribution in [0.2, 0.25) is 0 Å². The molecule has 0 spiro atoms. The number of benzene rings is 2. The summed E-state index contributed by atoms with van der Waals surface area (Å²) in [6, 6.07) is 22.6. The van der Waals surface area contributed by atoms with Gasteiger partial charge in [-0.3, -0.25) is 9.20 Å². The predicted molar refractivity (Wildman–Crippen MR) is 105 cm³/mol. The molecular weight excluding hydrogens is 338 g/mol. The third-order valence-corrected chi connectivity index (χ3v) is 4.24. The van der Waals surface area contributed by atoms with Gasteiger partial charge in [0.05, 0.1) is 5.69 Å². The first-order chi connectivity index (χ1) is 13.2. The number of nitrogens with one attached hydrogen (secondary N) is 1. The molecule has 4 aromatic rings. The number of imidazole rings is 1. The molecule has 134 valence electrons. The zero-order chi connectivity index (χ0) is 18.6. The molecule has 1 N–H and O–H groups in total.